The Bertz CT molecular complexity index is 3100. The molecule has 80 heavy (non-hydrogen) atoms. The summed E-state index contributed by atoms with van der Waals surface area (Å²) in [6.45, 7) is 4.64. The van der Waals surface area contributed by atoms with Crippen LogP contribution in [0.2, 0.25) is 0 Å². The van der Waals surface area contributed by atoms with Crippen molar-refractivity contribution in [3.63, 3.8) is 0 Å². The number of ether oxygens (including phenoxy) is 4. The molecule has 0 radical (unpaired) electrons. The molecule has 4 fully saturated rings. The van der Waals surface area contributed by atoms with Crippen LogP contribution in [0.15, 0.2) is 60.7 Å². The van der Waals surface area contributed by atoms with Crippen LogP contribution in [0.25, 0.3) is 22.1 Å². The van der Waals surface area contributed by atoms with Crippen molar-refractivity contribution in [1.82, 2.24) is 40.4 Å². The van der Waals surface area contributed by atoms with E-state index in [1.807, 2.05) is 0 Å². The van der Waals surface area contributed by atoms with Crippen LogP contribution in [0.1, 0.15) is 124 Å². The summed E-state index contributed by atoms with van der Waals surface area (Å²) in [6, 6.07) is 9.27. The number of nitrogens with one attached hydrogen (secondary N) is 4. The lowest BCUT2D eigenvalue weighted by Gasteiger charge is -2.36. The first kappa shape index (κ1) is 55.8. The number of H-pyrrole nitrogens is 2. The summed E-state index contributed by atoms with van der Waals surface area (Å²) in [5.41, 5.74) is 2.41. The summed E-state index contributed by atoms with van der Waals surface area (Å²) in [7, 11) is 5.23. The number of hydrogen-bond donors (Lipinski definition) is 4. The molecular weight excluding hydrogens is 1050 g/mol. The average Bonchev–Trinajstić information content (AvgIpc) is 4.41. The molecule has 1 unspecified atom stereocenters. The third kappa shape index (κ3) is 10.8. The highest BCUT2D eigenvalue weighted by molar-refractivity contribution is 5.88. The SMILES string of the molecule is COC(=O)N[C@H](C(=O)N1CCCC1c1nc2cc([C@H]3CC[C@H](c4cc5nc([C@@H]6CCCN6C(=O)[C@@H](NC(=O)OC)[C@@H](C)OC)[nH]c5cc4F)N3c3cc(F)c(N4CCC(c5ccc(F)cc5)CC4)c(F)c3)c(F)cc2[nH]1)[C@@H](C)OC. The Balaban J connectivity index is 0.993. The standard InChI is InChI=1S/C57H65F5N10O8/c1-29(77-3)49(67-56(75)79-5)54(73)70-19-7-9-47(70)52-63-41-25-35(37(59)27-43(41)65-52)45-15-16-46(72(45)34-23-39(61)51(40(62)24-34)69-21-17-32(18-22-69)31-11-13-33(58)14-12-31)36-26-42-44(28-38(36)60)66-53(64-42)48-10-8-20-71(48)55(74)50(30(2)78-4)68-57(76)80-6/h11-14,23-30,32,45-50H,7-10,15-22H2,1-6H3,(H,63,65)(H,64,66)(H,67,75)(H,68,76)/t29-,30-,45-,46-,47+,48?,49+,50+/m1/s1. The number of hydrogen-bond acceptors (Lipinski definition) is 12. The summed E-state index contributed by atoms with van der Waals surface area (Å²) in [6.07, 6.45) is 0.778. The molecule has 0 aliphatic carbocycles. The summed E-state index contributed by atoms with van der Waals surface area (Å²) in [5, 5.41) is 5.14. The van der Waals surface area contributed by atoms with Gasteiger partial charge in [-0.3, -0.25) is 9.59 Å². The second-order valence-corrected chi connectivity index (χ2v) is 21.1. The quantitative estimate of drug-likeness (QED) is 0.0712. The number of piperidine rings is 1. The van der Waals surface area contributed by atoms with Crippen LogP contribution < -0.4 is 20.4 Å². The number of amides is 4. The molecule has 10 rings (SSSR count). The zero-order valence-corrected chi connectivity index (χ0v) is 45.3. The van der Waals surface area contributed by atoms with Crippen LogP contribution in [-0.2, 0) is 28.5 Å². The molecule has 4 saturated heterocycles. The van der Waals surface area contributed by atoms with Crippen LogP contribution in [0.4, 0.5) is 42.9 Å². The van der Waals surface area contributed by atoms with Gasteiger partial charge in [0.1, 0.15) is 46.9 Å². The lowest BCUT2D eigenvalue weighted by molar-refractivity contribution is -0.138. The molecule has 4 aliphatic rings. The first-order valence-electron chi connectivity index (χ1n) is 27.0. The molecule has 4 amide bonds. The minimum absolute atomic E-state index is 0.0444. The van der Waals surface area contributed by atoms with E-state index in [-0.39, 0.29) is 47.1 Å². The topological polar surface area (TPSA) is 200 Å². The van der Waals surface area contributed by atoms with Crippen molar-refractivity contribution in [1.29, 1.82) is 0 Å². The number of imidazole rings is 2. The van der Waals surface area contributed by atoms with Gasteiger partial charge in [0.05, 0.1) is 72.7 Å². The van der Waals surface area contributed by atoms with E-state index in [1.165, 1.54) is 64.8 Å². The predicted molar refractivity (Wildman–Crippen MR) is 285 cm³/mol. The predicted octanol–water partition coefficient (Wildman–Crippen LogP) is 9.45. The molecule has 4 aromatic carbocycles. The Hall–Kier alpha value is -7.53. The normalized spacial score (nSPS) is 21.3. The number of rotatable bonds is 15. The fourth-order valence-corrected chi connectivity index (χ4v) is 12.3. The number of aromatic amines is 2. The van der Waals surface area contributed by atoms with Crippen molar-refractivity contribution >= 4 is 57.4 Å². The first-order chi connectivity index (χ1) is 38.5. The highest BCUT2D eigenvalue weighted by Gasteiger charge is 2.43. The number of carbonyl (C=O) groups excluding carboxylic acids is 4. The van der Waals surface area contributed by atoms with Gasteiger partial charge in [0.2, 0.25) is 11.8 Å². The van der Waals surface area contributed by atoms with Gasteiger partial charge < -0.3 is 59.1 Å². The van der Waals surface area contributed by atoms with E-state index in [2.05, 4.69) is 20.6 Å². The number of benzene rings is 4. The fourth-order valence-electron chi connectivity index (χ4n) is 12.3. The second kappa shape index (κ2) is 23.3. The Labute approximate surface area is 458 Å². The Morgan fingerprint density at radius 2 is 1.02 bits per heavy atom. The van der Waals surface area contributed by atoms with Crippen LogP contribution in [0.3, 0.4) is 0 Å². The third-order valence-electron chi connectivity index (χ3n) is 16.6. The van der Waals surface area contributed by atoms with Crippen LogP contribution >= 0.6 is 0 Å². The van der Waals surface area contributed by atoms with Gasteiger partial charge in [-0.25, -0.2) is 41.5 Å². The van der Waals surface area contributed by atoms with E-state index in [4.69, 9.17) is 28.9 Å². The molecule has 426 valence electrons. The highest BCUT2D eigenvalue weighted by Crippen LogP contribution is 2.50. The number of halogens is 5. The van der Waals surface area contributed by atoms with E-state index in [0.717, 1.165) is 5.56 Å². The molecule has 4 N–H and O–H groups in total. The minimum atomic E-state index is -1.08. The van der Waals surface area contributed by atoms with E-state index in [9.17, 15) is 23.6 Å². The number of alkyl carbamates (subject to hydrolysis) is 2. The van der Waals surface area contributed by atoms with Crippen LogP contribution in [0, 0.1) is 29.1 Å². The summed E-state index contributed by atoms with van der Waals surface area (Å²) in [4.78, 5) is 75.4. The zero-order valence-electron chi connectivity index (χ0n) is 45.3. The van der Waals surface area contributed by atoms with Crippen molar-refractivity contribution in [3.05, 3.63) is 118 Å². The first-order valence-corrected chi connectivity index (χ1v) is 27.0. The average molecular weight is 1110 g/mol. The molecule has 0 saturated carbocycles. The Morgan fingerprint density at radius 3 is 1.45 bits per heavy atom. The molecule has 8 atom stereocenters. The van der Waals surface area contributed by atoms with Gasteiger partial charge in [0.25, 0.3) is 0 Å². The van der Waals surface area contributed by atoms with Gasteiger partial charge in [-0.05, 0) is 125 Å². The molecule has 0 bridgehead atoms. The smallest absolute Gasteiger partial charge is 0.407 e. The maximum atomic E-state index is 17.0. The number of methoxy groups -OCH3 is 4. The van der Waals surface area contributed by atoms with Crippen LogP contribution in [-0.4, -0.2) is 133 Å². The number of fused-ring (bicyclic) bond motifs is 2. The largest absolute Gasteiger partial charge is 0.453 e. The van der Waals surface area contributed by atoms with E-state index >= 15 is 17.6 Å². The number of aromatic nitrogens is 4. The number of anilines is 2. The monoisotopic (exact) mass is 1110 g/mol. The Kier molecular flexibility index (Phi) is 16.2. The van der Waals surface area contributed by atoms with Gasteiger partial charge in [0, 0.05) is 57.2 Å². The van der Waals surface area contributed by atoms with Crippen molar-refractivity contribution in [2.75, 3.05) is 64.4 Å². The van der Waals surface area contributed by atoms with E-state index in [0.29, 0.717) is 98.4 Å². The van der Waals surface area contributed by atoms with Crippen molar-refractivity contribution in [2.45, 2.75) is 120 Å². The molecule has 6 heterocycles. The van der Waals surface area contributed by atoms with Crippen LogP contribution in [0.5, 0.6) is 0 Å². The summed E-state index contributed by atoms with van der Waals surface area (Å²) in [5.74, 6) is -3.39. The van der Waals surface area contributed by atoms with E-state index < -0.39 is 95.7 Å². The molecule has 23 heteroatoms. The lowest BCUT2D eigenvalue weighted by Crippen LogP contribution is -2.54. The molecule has 2 aromatic heterocycles. The molecule has 18 nitrogen and oxygen atoms in total. The van der Waals surface area contributed by atoms with Crippen molar-refractivity contribution in [3.8, 4) is 0 Å². The molecule has 6 aromatic rings. The highest BCUT2D eigenvalue weighted by atomic mass is 19.1. The van der Waals surface area contributed by atoms with E-state index in [1.54, 1.807) is 57.7 Å². The number of nitrogens with zero attached hydrogens (tertiary/aromatic N) is 6. The maximum Gasteiger partial charge on any atom is 0.407 e. The maximum absolute atomic E-state index is 17.0. The number of carbonyl (C=O) groups is 4. The number of likely N-dealkylation sites (tertiary alicyclic amines) is 2. The lowest BCUT2D eigenvalue weighted by atomic mass is 9.89. The van der Waals surface area contributed by atoms with Gasteiger partial charge in [0.15, 0.2) is 11.6 Å². The molecule has 0 spiro atoms. The van der Waals surface area contributed by atoms with Crippen molar-refractivity contribution in [2.24, 2.45) is 0 Å². The van der Waals surface area contributed by atoms with Gasteiger partial charge in [-0.2, -0.15) is 0 Å². The second-order valence-electron chi connectivity index (χ2n) is 21.1. The fraction of sp³-hybridized carbons (Fsp3) is 0.474. The van der Waals surface area contributed by atoms with Crippen molar-refractivity contribution < 1.29 is 60.1 Å². The molecule has 4 aliphatic heterocycles. The summed E-state index contributed by atoms with van der Waals surface area (Å²) < 4.78 is 102. The minimum Gasteiger partial charge on any atom is -0.453 e. The van der Waals surface area contributed by atoms with Gasteiger partial charge in [-0.1, -0.05) is 12.1 Å². The zero-order chi connectivity index (χ0) is 56.7. The third-order valence-corrected chi connectivity index (χ3v) is 16.6. The van der Waals surface area contributed by atoms with Gasteiger partial charge in [-0.15, -0.1) is 0 Å². The molecular formula is C57H65F5N10O8. The van der Waals surface area contributed by atoms with Gasteiger partial charge >= 0.3 is 12.2 Å². The summed E-state index contributed by atoms with van der Waals surface area (Å²) >= 11 is 0. The Morgan fingerprint density at radius 1 is 0.575 bits per heavy atom.